The summed E-state index contributed by atoms with van der Waals surface area (Å²) in [5, 5.41) is 3.41. The van der Waals surface area contributed by atoms with Gasteiger partial charge in [0.25, 0.3) is 0 Å². The third kappa shape index (κ3) is 2.88. The van der Waals surface area contributed by atoms with E-state index < -0.39 is 0 Å². The van der Waals surface area contributed by atoms with Crippen LogP contribution in [-0.4, -0.2) is 16.1 Å². The molecule has 0 aliphatic carbocycles. The number of benzene rings is 1. The Morgan fingerprint density at radius 3 is 2.71 bits per heavy atom. The molecule has 0 fully saturated rings. The highest BCUT2D eigenvalue weighted by Gasteiger charge is 2.19. The molecule has 21 heavy (non-hydrogen) atoms. The van der Waals surface area contributed by atoms with Gasteiger partial charge in [-0.1, -0.05) is 32.4 Å². The number of rotatable bonds is 5. The minimum absolute atomic E-state index is 0.907. The molecule has 3 heteroatoms. The monoisotopic (exact) mass is 283 g/mol. The first kappa shape index (κ1) is 14.3. The van der Waals surface area contributed by atoms with Crippen molar-refractivity contribution < 1.29 is 0 Å². The maximum absolute atomic E-state index is 4.82. The molecule has 0 amide bonds. The normalized spacial score (nSPS) is 14.2. The summed E-state index contributed by atoms with van der Waals surface area (Å²) in [4.78, 5) is 4.82. The van der Waals surface area contributed by atoms with Crippen LogP contribution in [0, 0.1) is 0 Å². The molecule has 2 heterocycles. The van der Waals surface area contributed by atoms with Crippen LogP contribution < -0.4 is 5.32 Å². The van der Waals surface area contributed by atoms with Crippen LogP contribution in [0.4, 0.5) is 0 Å². The van der Waals surface area contributed by atoms with Crippen molar-refractivity contribution in [3.63, 3.8) is 0 Å². The predicted octanol–water partition coefficient (Wildman–Crippen LogP) is 3.42. The molecule has 3 rings (SSSR count). The lowest BCUT2D eigenvalue weighted by Gasteiger charge is -2.16. The number of fused-ring (bicyclic) bond motifs is 1. The summed E-state index contributed by atoms with van der Waals surface area (Å²) in [5.41, 5.74) is 5.33. The Hall–Kier alpha value is -1.61. The van der Waals surface area contributed by atoms with Gasteiger partial charge in [-0.2, -0.15) is 0 Å². The van der Waals surface area contributed by atoms with E-state index in [1.807, 2.05) is 0 Å². The Labute approximate surface area is 127 Å². The fourth-order valence-electron chi connectivity index (χ4n) is 3.10. The lowest BCUT2D eigenvalue weighted by Crippen LogP contribution is -2.24. The van der Waals surface area contributed by atoms with Crippen molar-refractivity contribution in [2.45, 2.75) is 52.5 Å². The molecular weight excluding hydrogens is 258 g/mol. The van der Waals surface area contributed by atoms with Gasteiger partial charge in [0.15, 0.2) is 0 Å². The SMILES string of the molecule is CCCCc1ccc(-n2c(CC)nc3c2CCNC3)cc1. The van der Waals surface area contributed by atoms with E-state index >= 15 is 0 Å². The summed E-state index contributed by atoms with van der Waals surface area (Å²) in [6, 6.07) is 9.07. The van der Waals surface area contributed by atoms with E-state index in [2.05, 4.69) is 48.0 Å². The van der Waals surface area contributed by atoms with Crippen molar-refractivity contribution in [3.8, 4) is 5.69 Å². The molecule has 3 nitrogen and oxygen atoms in total. The fraction of sp³-hybridized carbons (Fsp3) is 0.500. The topological polar surface area (TPSA) is 29.9 Å². The highest BCUT2D eigenvalue weighted by Crippen LogP contribution is 2.22. The molecule has 2 aromatic rings. The number of hydrogen-bond acceptors (Lipinski definition) is 2. The molecule has 1 aliphatic rings. The van der Waals surface area contributed by atoms with E-state index in [9.17, 15) is 0 Å². The summed E-state index contributed by atoms with van der Waals surface area (Å²) in [5.74, 6) is 1.19. The lowest BCUT2D eigenvalue weighted by molar-refractivity contribution is 0.620. The minimum atomic E-state index is 0.907. The van der Waals surface area contributed by atoms with Crippen LogP contribution in [0.2, 0.25) is 0 Å². The number of hydrogen-bond donors (Lipinski definition) is 1. The Balaban J connectivity index is 1.94. The summed E-state index contributed by atoms with van der Waals surface area (Å²) in [7, 11) is 0. The maximum atomic E-state index is 4.82. The van der Waals surface area contributed by atoms with Gasteiger partial charge in [0.05, 0.1) is 5.69 Å². The van der Waals surface area contributed by atoms with Gasteiger partial charge >= 0.3 is 0 Å². The van der Waals surface area contributed by atoms with Gasteiger partial charge in [0, 0.05) is 37.3 Å². The van der Waals surface area contributed by atoms with Crippen LogP contribution in [0.25, 0.3) is 5.69 Å². The van der Waals surface area contributed by atoms with Crippen molar-refractivity contribution in [1.29, 1.82) is 0 Å². The molecule has 112 valence electrons. The predicted molar refractivity (Wildman–Crippen MR) is 87.0 cm³/mol. The van der Waals surface area contributed by atoms with Crippen LogP contribution in [0.5, 0.6) is 0 Å². The standard InChI is InChI=1S/C18H25N3/c1-3-5-6-14-7-9-15(10-8-14)21-17-11-12-19-13-16(17)20-18(21)4-2/h7-10,19H,3-6,11-13H2,1-2H3. The third-order valence-corrected chi connectivity index (χ3v) is 4.29. The Morgan fingerprint density at radius 2 is 2.00 bits per heavy atom. The molecule has 0 unspecified atom stereocenters. The first-order valence-corrected chi connectivity index (χ1v) is 8.22. The first-order valence-electron chi connectivity index (χ1n) is 8.22. The highest BCUT2D eigenvalue weighted by atomic mass is 15.1. The molecule has 0 radical (unpaired) electrons. The van der Waals surface area contributed by atoms with Crippen molar-refractivity contribution in [2.24, 2.45) is 0 Å². The summed E-state index contributed by atoms with van der Waals surface area (Å²) < 4.78 is 2.37. The lowest BCUT2D eigenvalue weighted by atomic mass is 10.1. The van der Waals surface area contributed by atoms with Crippen LogP contribution in [0.15, 0.2) is 24.3 Å². The van der Waals surface area contributed by atoms with Gasteiger partial charge < -0.3 is 9.88 Å². The van der Waals surface area contributed by atoms with Crippen LogP contribution in [-0.2, 0) is 25.8 Å². The molecule has 1 N–H and O–H groups in total. The maximum Gasteiger partial charge on any atom is 0.113 e. The number of aryl methyl sites for hydroxylation is 2. The molecule has 1 aromatic carbocycles. The van der Waals surface area contributed by atoms with Crippen molar-refractivity contribution in [2.75, 3.05) is 6.54 Å². The number of nitrogens with zero attached hydrogens (tertiary/aromatic N) is 2. The largest absolute Gasteiger partial charge is 0.311 e. The Kier molecular flexibility index (Phi) is 4.39. The second-order valence-corrected chi connectivity index (χ2v) is 5.81. The molecule has 1 aromatic heterocycles. The first-order chi connectivity index (χ1) is 10.3. The minimum Gasteiger partial charge on any atom is -0.311 e. The Bertz CT molecular complexity index is 596. The average molecular weight is 283 g/mol. The van der Waals surface area contributed by atoms with Gasteiger partial charge in [0.2, 0.25) is 0 Å². The smallest absolute Gasteiger partial charge is 0.113 e. The molecule has 0 spiro atoms. The number of nitrogens with one attached hydrogen (secondary N) is 1. The fourth-order valence-corrected chi connectivity index (χ4v) is 3.10. The van der Waals surface area contributed by atoms with Gasteiger partial charge in [-0.3, -0.25) is 0 Å². The van der Waals surface area contributed by atoms with Gasteiger partial charge in [-0.05, 0) is 30.5 Å². The third-order valence-electron chi connectivity index (χ3n) is 4.29. The Morgan fingerprint density at radius 1 is 1.19 bits per heavy atom. The molecule has 0 bridgehead atoms. The van der Waals surface area contributed by atoms with Gasteiger partial charge in [-0.25, -0.2) is 4.98 Å². The van der Waals surface area contributed by atoms with Crippen LogP contribution in [0.1, 0.15) is 49.5 Å². The van der Waals surface area contributed by atoms with E-state index in [-0.39, 0.29) is 0 Å². The summed E-state index contributed by atoms with van der Waals surface area (Å²) >= 11 is 0. The van der Waals surface area contributed by atoms with Crippen LogP contribution >= 0.6 is 0 Å². The van der Waals surface area contributed by atoms with Crippen LogP contribution in [0.3, 0.4) is 0 Å². The van der Waals surface area contributed by atoms with E-state index in [0.29, 0.717) is 0 Å². The van der Waals surface area contributed by atoms with E-state index in [1.165, 1.54) is 47.7 Å². The van der Waals surface area contributed by atoms with Gasteiger partial charge in [-0.15, -0.1) is 0 Å². The van der Waals surface area contributed by atoms with Crippen molar-refractivity contribution in [3.05, 3.63) is 47.0 Å². The van der Waals surface area contributed by atoms with E-state index in [1.54, 1.807) is 0 Å². The molecule has 0 saturated heterocycles. The zero-order valence-electron chi connectivity index (χ0n) is 13.2. The summed E-state index contributed by atoms with van der Waals surface area (Å²) in [6.07, 6.45) is 5.75. The summed E-state index contributed by atoms with van der Waals surface area (Å²) in [6.45, 7) is 6.39. The number of aromatic nitrogens is 2. The second-order valence-electron chi connectivity index (χ2n) is 5.81. The zero-order chi connectivity index (χ0) is 14.7. The molecule has 1 aliphatic heterocycles. The molecule has 0 atom stereocenters. The number of unbranched alkanes of at least 4 members (excludes halogenated alkanes) is 1. The van der Waals surface area contributed by atoms with Crippen molar-refractivity contribution >= 4 is 0 Å². The second kappa shape index (κ2) is 6.44. The van der Waals surface area contributed by atoms with Gasteiger partial charge in [0.1, 0.15) is 5.82 Å². The zero-order valence-corrected chi connectivity index (χ0v) is 13.2. The van der Waals surface area contributed by atoms with E-state index in [0.717, 1.165) is 25.9 Å². The molecule has 0 saturated carbocycles. The molecular formula is C18H25N3. The quantitative estimate of drug-likeness (QED) is 0.911. The average Bonchev–Trinajstić information content (AvgIpc) is 2.92. The van der Waals surface area contributed by atoms with E-state index in [4.69, 9.17) is 4.98 Å². The highest BCUT2D eigenvalue weighted by molar-refractivity contribution is 5.40. The van der Waals surface area contributed by atoms with Crippen molar-refractivity contribution in [1.82, 2.24) is 14.9 Å². The number of imidazole rings is 1.